The monoisotopic (exact) mass is 290 g/mol. The Morgan fingerprint density at radius 3 is 2.86 bits per heavy atom. The summed E-state index contributed by atoms with van der Waals surface area (Å²) in [6.45, 7) is 6.16. The highest BCUT2D eigenvalue weighted by molar-refractivity contribution is 5.97. The van der Waals surface area contributed by atoms with E-state index >= 15 is 0 Å². The lowest BCUT2D eigenvalue weighted by Crippen LogP contribution is -2.44. The van der Waals surface area contributed by atoms with Gasteiger partial charge in [-0.15, -0.1) is 0 Å². The molecule has 1 unspecified atom stereocenters. The molecule has 0 radical (unpaired) electrons. The number of amides is 1. The Hall–Kier alpha value is -1.39. The number of fused-ring (bicyclic) bond motifs is 1. The van der Waals surface area contributed by atoms with Crippen LogP contribution in [0, 0.1) is 0 Å². The Morgan fingerprint density at radius 1 is 1.38 bits per heavy atom. The molecule has 1 aromatic carbocycles. The molecule has 1 N–H and O–H groups in total. The highest BCUT2D eigenvalue weighted by Gasteiger charge is 2.30. The number of hydrogen-bond donors (Lipinski definition) is 1. The molecule has 21 heavy (non-hydrogen) atoms. The molecular formula is C17H26N2O2. The molecule has 1 aromatic rings. The predicted molar refractivity (Wildman–Crippen MR) is 85.5 cm³/mol. The summed E-state index contributed by atoms with van der Waals surface area (Å²) in [4.78, 5) is 16.6. The van der Waals surface area contributed by atoms with Gasteiger partial charge in [-0.1, -0.05) is 31.5 Å². The quantitative estimate of drug-likeness (QED) is 0.836. The third kappa shape index (κ3) is 3.83. The number of benzene rings is 1. The number of aliphatic hydroxyl groups is 1. The molecule has 4 nitrogen and oxygen atoms in total. The maximum atomic E-state index is 12.7. The first-order valence-electron chi connectivity index (χ1n) is 7.90. The number of aliphatic hydroxyl groups excluding tert-OH is 1. The summed E-state index contributed by atoms with van der Waals surface area (Å²) in [5.74, 6) is 0.136. The molecule has 0 fully saturated rings. The fourth-order valence-corrected chi connectivity index (χ4v) is 3.01. The highest BCUT2D eigenvalue weighted by Crippen LogP contribution is 2.31. The standard InChI is InChI=1S/C17H26N2O2/c1-3-4-9-18(10-11-20)13-17(21)19-14(2)12-15-7-5-6-8-16(15)19/h5-8,14,20H,3-4,9-13H2,1-2H3. The number of carbonyl (C=O) groups excluding carboxylic acids is 1. The molecule has 116 valence electrons. The summed E-state index contributed by atoms with van der Waals surface area (Å²) in [5, 5.41) is 9.16. The van der Waals surface area contributed by atoms with E-state index in [1.165, 1.54) is 5.56 Å². The van der Waals surface area contributed by atoms with Crippen LogP contribution < -0.4 is 4.90 Å². The van der Waals surface area contributed by atoms with Crippen LogP contribution in [0.4, 0.5) is 5.69 Å². The maximum Gasteiger partial charge on any atom is 0.241 e. The van der Waals surface area contributed by atoms with Gasteiger partial charge in [-0.3, -0.25) is 9.69 Å². The van der Waals surface area contributed by atoms with Gasteiger partial charge in [0.05, 0.1) is 13.2 Å². The lowest BCUT2D eigenvalue weighted by molar-refractivity contribution is -0.120. The first-order valence-corrected chi connectivity index (χ1v) is 7.90. The minimum Gasteiger partial charge on any atom is -0.395 e. The third-order valence-corrected chi connectivity index (χ3v) is 4.08. The largest absolute Gasteiger partial charge is 0.395 e. The van der Waals surface area contributed by atoms with Gasteiger partial charge in [-0.25, -0.2) is 0 Å². The Balaban J connectivity index is 2.05. The van der Waals surface area contributed by atoms with Gasteiger partial charge >= 0.3 is 0 Å². The molecule has 1 heterocycles. The molecule has 0 saturated carbocycles. The van der Waals surface area contributed by atoms with Gasteiger partial charge in [-0.05, 0) is 37.9 Å². The van der Waals surface area contributed by atoms with Gasteiger partial charge < -0.3 is 10.0 Å². The van der Waals surface area contributed by atoms with Crippen molar-refractivity contribution in [2.75, 3.05) is 31.1 Å². The Kier molecular flexibility index (Phi) is 5.76. The number of unbranched alkanes of at least 4 members (excludes halogenated alkanes) is 1. The van der Waals surface area contributed by atoms with E-state index in [0.29, 0.717) is 13.1 Å². The van der Waals surface area contributed by atoms with E-state index < -0.39 is 0 Å². The Bertz CT molecular complexity index is 476. The topological polar surface area (TPSA) is 43.8 Å². The lowest BCUT2D eigenvalue weighted by atomic mass is 10.1. The smallest absolute Gasteiger partial charge is 0.241 e. The van der Waals surface area contributed by atoms with Crippen molar-refractivity contribution >= 4 is 11.6 Å². The minimum atomic E-state index is 0.100. The molecular weight excluding hydrogens is 264 g/mol. The van der Waals surface area contributed by atoms with Gasteiger partial charge in [0.1, 0.15) is 0 Å². The zero-order valence-electron chi connectivity index (χ0n) is 13.1. The predicted octanol–water partition coefficient (Wildman–Crippen LogP) is 2.06. The number of carbonyl (C=O) groups is 1. The van der Waals surface area contributed by atoms with Gasteiger partial charge in [0.25, 0.3) is 0 Å². The first kappa shape index (κ1) is 16.0. The van der Waals surface area contributed by atoms with Crippen molar-refractivity contribution in [3.05, 3.63) is 29.8 Å². The molecule has 0 aromatic heterocycles. The molecule has 4 heteroatoms. The number of hydrogen-bond acceptors (Lipinski definition) is 3. The number of anilines is 1. The van der Waals surface area contributed by atoms with E-state index in [2.05, 4.69) is 24.8 Å². The molecule has 0 aliphatic carbocycles. The lowest BCUT2D eigenvalue weighted by Gasteiger charge is -2.27. The average Bonchev–Trinajstić information content (AvgIpc) is 2.80. The second-order valence-electron chi connectivity index (χ2n) is 5.80. The van der Waals surface area contributed by atoms with E-state index in [4.69, 9.17) is 5.11 Å². The van der Waals surface area contributed by atoms with E-state index in [0.717, 1.165) is 31.5 Å². The van der Waals surface area contributed by atoms with E-state index in [1.54, 1.807) is 0 Å². The SMILES string of the molecule is CCCCN(CCO)CC(=O)N1c2ccccc2CC1C. The zero-order valence-corrected chi connectivity index (χ0v) is 13.1. The second kappa shape index (κ2) is 7.57. The van der Waals surface area contributed by atoms with Crippen LogP contribution in [0.1, 0.15) is 32.3 Å². The number of rotatable bonds is 7. The van der Waals surface area contributed by atoms with E-state index in [-0.39, 0.29) is 18.6 Å². The molecule has 1 aliphatic rings. The zero-order chi connectivity index (χ0) is 15.2. The van der Waals surface area contributed by atoms with Gasteiger partial charge in [0.15, 0.2) is 0 Å². The summed E-state index contributed by atoms with van der Waals surface area (Å²) < 4.78 is 0. The fraction of sp³-hybridized carbons (Fsp3) is 0.588. The van der Waals surface area contributed by atoms with Crippen molar-refractivity contribution in [1.29, 1.82) is 0 Å². The molecule has 1 aliphatic heterocycles. The van der Waals surface area contributed by atoms with Crippen molar-refractivity contribution in [3.8, 4) is 0 Å². The number of nitrogens with zero attached hydrogens (tertiary/aromatic N) is 2. The molecule has 2 rings (SSSR count). The summed E-state index contributed by atoms with van der Waals surface area (Å²) in [5.41, 5.74) is 2.30. The molecule has 1 amide bonds. The van der Waals surface area contributed by atoms with Crippen LogP contribution in [-0.4, -0.2) is 48.2 Å². The molecule has 0 saturated heterocycles. The van der Waals surface area contributed by atoms with Gasteiger partial charge in [0, 0.05) is 18.3 Å². The minimum absolute atomic E-state index is 0.100. The van der Waals surface area contributed by atoms with Crippen molar-refractivity contribution in [3.63, 3.8) is 0 Å². The van der Waals surface area contributed by atoms with Crippen LogP contribution in [0.25, 0.3) is 0 Å². The normalized spacial score (nSPS) is 17.3. The fourth-order valence-electron chi connectivity index (χ4n) is 3.01. The molecule has 0 bridgehead atoms. The maximum absolute atomic E-state index is 12.7. The summed E-state index contributed by atoms with van der Waals surface area (Å²) in [7, 11) is 0. The Labute approximate surface area is 127 Å². The van der Waals surface area contributed by atoms with Crippen LogP contribution in [0.2, 0.25) is 0 Å². The van der Waals surface area contributed by atoms with Crippen LogP contribution in [0.15, 0.2) is 24.3 Å². The summed E-state index contributed by atoms with van der Waals surface area (Å²) in [6.07, 6.45) is 3.08. The van der Waals surface area contributed by atoms with Crippen LogP contribution in [-0.2, 0) is 11.2 Å². The second-order valence-corrected chi connectivity index (χ2v) is 5.80. The molecule has 0 spiro atoms. The molecule has 1 atom stereocenters. The summed E-state index contributed by atoms with van der Waals surface area (Å²) >= 11 is 0. The van der Waals surface area contributed by atoms with Gasteiger partial charge in [-0.2, -0.15) is 0 Å². The van der Waals surface area contributed by atoms with Crippen molar-refractivity contribution < 1.29 is 9.90 Å². The van der Waals surface area contributed by atoms with E-state index in [9.17, 15) is 4.79 Å². The van der Waals surface area contributed by atoms with Crippen LogP contribution >= 0.6 is 0 Å². The highest BCUT2D eigenvalue weighted by atomic mass is 16.3. The van der Waals surface area contributed by atoms with Crippen molar-refractivity contribution in [2.45, 2.75) is 39.2 Å². The average molecular weight is 290 g/mol. The van der Waals surface area contributed by atoms with E-state index in [1.807, 2.05) is 23.1 Å². The first-order chi connectivity index (χ1) is 10.2. The van der Waals surface area contributed by atoms with Gasteiger partial charge in [0.2, 0.25) is 5.91 Å². The van der Waals surface area contributed by atoms with Crippen LogP contribution in [0.3, 0.4) is 0 Å². The van der Waals surface area contributed by atoms with Crippen LogP contribution in [0.5, 0.6) is 0 Å². The number of para-hydroxylation sites is 1. The summed E-state index contributed by atoms with van der Waals surface area (Å²) in [6, 6.07) is 8.36. The Morgan fingerprint density at radius 2 is 2.14 bits per heavy atom. The third-order valence-electron chi connectivity index (χ3n) is 4.08. The van der Waals surface area contributed by atoms with Crippen molar-refractivity contribution in [2.24, 2.45) is 0 Å². The van der Waals surface area contributed by atoms with Crippen molar-refractivity contribution in [1.82, 2.24) is 4.90 Å².